The fourth-order valence-electron chi connectivity index (χ4n) is 0.651. The fraction of sp³-hybridized carbons (Fsp3) is 0. The molecule has 0 aliphatic heterocycles. The SMILES string of the molecule is O=[N+]([O-])c1ccc(I)cc1S. The van der Waals surface area contributed by atoms with Crippen LogP contribution >= 0.6 is 35.2 Å². The number of nitro groups is 1. The summed E-state index contributed by atoms with van der Waals surface area (Å²) in [5, 5.41) is 10.3. The van der Waals surface area contributed by atoms with Crippen molar-refractivity contribution < 1.29 is 4.92 Å². The Labute approximate surface area is 82.5 Å². The highest BCUT2D eigenvalue weighted by Crippen LogP contribution is 2.23. The second kappa shape index (κ2) is 3.40. The number of rotatable bonds is 1. The van der Waals surface area contributed by atoms with E-state index in [9.17, 15) is 10.1 Å². The summed E-state index contributed by atoms with van der Waals surface area (Å²) < 4.78 is 0.943. The van der Waals surface area contributed by atoms with Crippen molar-refractivity contribution in [2.24, 2.45) is 0 Å². The molecule has 1 aromatic rings. The standard InChI is InChI=1S/C6H4INO2S/c7-4-1-2-5(8(9)10)6(11)3-4/h1-3,11H. The molecule has 0 aliphatic rings. The van der Waals surface area contributed by atoms with E-state index >= 15 is 0 Å². The van der Waals surface area contributed by atoms with E-state index in [4.69, 9.17) is 0 Å². The molecular weight excluding hydrogens is 277 g/mol. The number of benzene rings is 1. The fourth-order valence-corrected chi connectivity index (χ4v) is 1.68. The minimum Gasteiger partial charge on any atom is -0.258 e. The minimum absolute atomic E-state index is 0.0498. The molecular formula is C6H4INO2S. The average Bonchev–Trinajstić information content (AvgIpc) is 1.85. The van der Waals surface area contributed by atoms with E-state index in [1.54, 1.807) is 12.1 Å². The first-order chi connectivity index (χ1) is 5.11. The van der Waals surface area contributed by atoms with Gasteiger partial charge in [0.15, 0.2) is 0 Å². The third kappa shape index (κ3) is 2.06. The van der Waals surface area contributed by atoms with Crippen LogP contribution in [0.25, 0.3) is 0 Å². The van der Waals surface area contributed by atoms with E-state index in [1.165, 1.54) is 6.07 Å². The molecule has 0 fully saturated rings. The summed E-state index contributed by atoms with van der Waals surface area (Å²) in [4.78, 5) is 10.2. The molecule has 0 radical (unpaired) electrons. The second-order valence-electron chi connectivity index (χ2n) is 1.89. The molecule has 58 valence electrons. The zero-order valence-electron chi connectivity index (χ0n) is 5.32. The van der Waals surface area contributed by atoms with Crippen LogP contribution in [0.15, 0.2) is 23.1 Å². The predicted octanol–water partition coefficient (Wildman–Crippen LogP) is 2.49. The highest BCUT2D eigenvalue weighted by Gasteiger charge is 2.09. The van der Waals surface area contributed by atoms with Gasteiger partial charge < -0.3 is 0 Å². The van der Waals surface area contributed by atoms with E-state index in [-0.39, 0.29) is 5.69 Å². The van der Waals surface area contributed by atoms with Gasteiger partial charge in [0.25, 0.3) is 5.69 Å². The topological polar surface area (TPSA) is 43.1 Å². The van der Waals surface area contributed by atoms with E-state index in [0.29, 0.717) is 4.90 Å². The first-order valence-electron chi connectivity index (χ1n) is 2.74. The monoisotopic (exact) mass is 281 g/mol. The molecule has 0 N–H and O–H groups in total. The van der Waals surface area contributed by atoms with E-state index < -0.39 is 4.92 Å². The number of hydrogen-bond donors (Lipinski definition) is 1. The van der Waals surface area contributed by atoms with Crippen LogP contribution in [0.5, 0.6) is 0 Å². The zero-order valence-corrected chi connectivity index (χ0v) is 8.37. The molecule has 11 heavy (non-hydrogen) atoms. The van der Waals surface area contributed by atoms with Crippen LogP contribution in [-0.4, -0.2) is 4.92 Å². The Kier molecular flexibility index (Phi) is 2.72. The molecule has 0 aromatic heterocycles. The number of thiol groups is 1. The molecule has 0 saturated heterocycles. The first kappa shape index (κ1) is 8.79. The van der Waals surface area contributed by atoms with Gasteiger partial charge in [-0.2, -0.15) is 0 Å². The Morgan fingerprint density at radius 2 is 2.18 bits per heavy atom. The van der Waals surface area contributed by atoms with Gasteiger partial charge in [-0.05, 0) is 34.7 Å². The van der Waals surface area contributed by atoms with Crippen LogP contribution in [0, 0.1) is 13.7 Å². The van der Waals surface area contributed by atoms with Crippen LogP contribution in [-0.2, 0) is 0 Å². The third-order valence-corrected chi connectivity index (χ3v) is 2.16. The molecule has 0 heterocycles. The lowest BCUT2D eigenvalue weighted by Gasteiger charge is -1.94. The summed E-state index contributed by atoms with van der Waals surface area (Å²) >= 11 is 6.03. The van der Waals surface area contributed by atoms with E-state index in [0.717, 1.165) is 3.57 Å². The molecule has 0 bridgehead atoms. The van der Waals surface area contributed by atoms with Gasteiger partial charge in [-0.15, -0.1) is 12.6 Å². The molecule has 3 nitrogen and oxygen atoms in total. The van der Waals surface area contributed by atoms with Gasteiger partial charge in [-0.3, -0.25) is 10.1 Å². The van der Waals surface area contributed by atoms with Gasteiger partial charge in [0.2, 0.25) is 0 Å². The van der Waals surface area contributed by atoms with Crippen molar-refractivity contribution in [2.45, 2.75) is 4.90 Å². The maximum absolute atomic E-state index is 10.3. The van der Waals surface area contributed by atoms with E-state index in [1.807, 2.05) is 0 Å². The van der Waals surface area contributed by atoms with Gasteiger partial charge >= 0.3 is 0 Å². The van der Waals surface area contributed by atoms with Gasteiger partial charge in [-0.1, -0.05) is 0 Å². The van der Waals surface area contributed by atoms with Crippen molar-refractivity contribution in [3.8, 4) is 0 Å². The van der Waals surface area contributed by atoms with Gasteiger partial charge in [-0.25, -0.2) is 0 Å². The van der Waals surface area contributed by atoms with Crippen molar-refractivity contribution in [3.05, 3.63) is 31.9 Å². The van der Waals surface area contributed by atoms with Gasteiger partial charge in [0, 0.05) is 9.64 Å². The third-order valence-electron chi connectivity index (χ3n) is 1.13. The number of hydrogen-bond acceptors (Lipinski definition) is 3. The van der Waals surface area contributed by atoms with Crippen molar-refractivity contribution in [1.82, 2.24) is 0 Å². The molecule has 0 saturated carbocycles. The maximum atomic E-state index is 10.3. The Morgan fingerprint density at radius 1 is 1.55 bits per heavy atom. The predicted molar refractivity (Wildman–Crippen MR) is 53.1 cm³/mol. The molecule has 5 heteroatoms. The van der Waals surface area contributed by atoms with Crippen LogP contribution in [0.3, 0.4) is 0 Å². The van der Waals surface area contributed by atoms with Gasteiger partial charge in [0.05, 0.1) is 9.82 Å². The lowest BCUT2D eigenvalue weighted by atomic mass is 10.3. The second-order valence-corrected chi connectivity index (χ2v) is 3.62. The lowest BCUT2D eigenvalue weighted by molar-refractivity contribution is -0.387. The molecule has 0 spiro atoms. The first-order valence-corrected chi connectivity index (χ1v) is 4.27. The van der Waals surface area contributed by atoms with Crippen molar-refractivity contribution in [2.75, 3.05) is 0 Å². The summed E-state index contributed by atoms with van der Waals surface area (Å²) in [5.74, 6) is 0. The lowest BCUT2D eigenvalue weighted by Crippen LogP contribution is -1.89. The van der Waals surface area contributed by atoms with Crippen LogP contribution in [0.4, 0.5) is 5.69 Å². The Bertz CT molecular complexity index is 303. The molecule has 0 atom stereocenters. The van der Waals surface area contributed by atoms with Crippen LogP contribution in [0.1, 0.15) is 0 Å². The number of nitro benzene ring substituents is 1. The summed E-state index contributed by atoms with van der Waals surface area (Å²) in [6, 6.07) is 4.78. The quantitative estimate of drug-likeness (QED) is 0.372. The summed E-state index contributed by atoms with van der Waals surface area (Å²) in [5.41, 5.74) is 0.0498. The number of halogens is 1. The summed E-state index contributed by atoms with van der Waals surface area (Å²) in [7, 11) is 0. The molecule has 0 aliphatic carbocycles. The highest BCUT2D eigenvalue weighted by molar-refractivity contribution is 14.1. The number of nitrogens with zero attached hydrogens (tertiary/aromatic N) is 1. The summed E-state index contributed by atoms with van der Waals surface area (Å²) in [6.07, 6.45) is 0. The van der Waals surface area contributed by atoms with Crippen LogP contribution < -0.4 is 0 Å². The summed E-state index contributed by atoms with van der Waals surface area (Å²) in [6.45, 7) is 0. The van der Waals surface area contributed by atoms with E-state index in [2.05, 4.69) is 35.2 Å². The highest BCUT2D eigenvalue weighted by atomic mass is 127. The maximum Gasteiger partial charge on any atom is 0.282 e. The molecule has 0 unspecified atom stereocenters. The van der Waals surface area contributed by atoms with Crippen molar-refractivity contribution >= 4 is 40.9 Å². The van der Waals surface area contributed by atoms with Gasteiger partial charge in [0.1, 0.15) is 0 Å². The smallest absolute Gasteiger partial charge is 0.258 e. The van der Waals surface area contributed by atoms with Crippen molar-refractivity contribution in [3.63, 3.8) is 0 Å². The zero-order chi connectivity index (χ0) is 8.43. The molecule has 1 rings (SSSR count). The Balaban J connectivity index is 3.20. The average molecular weight is 281 g/mol. The molecule has 0 amide bonds. The molecule has 1 aromatic carbocycles. The minimum atomic E-state index is -0.446. The normalized spacial score (nSPS) is 9.64. The Morgan fingerprint density at radius 3 is 2.64 bits per heavy atom. The van der Waals surface area contributed by atoms with Crippen molar-refractivity contribution in [1.29, 1.82) is 0 Å². The largest absolute Gasteiger partial charge is 0.282 e. The van der Waals surface area contributed by atoms with Crippen LogP contribution in [0.2, 0.25) is 0 Å². The Hall–Kier alpha value is -0.300.